The minimum Gasteiger partial charge on any atom is -0.507 e. The van der Waals surface area contributed by atoms with Crippen molar-refractivity contribution in [2.75, 3.05) is 5.75 Å². The molecule has 0 unspecified atom stereocenters. The van der Waals surface area contributed by atoms with Crippen molar-refractivity contribution >= 4 is 11.8 Å². The SMILES string of the molecule is CCCCCCCCCCCCCCCCCCSc1nnc(Cc2ccccc2)n1-c1cc(C(C)(C)C)c(O)c(C(C)(C)C)c1. The third kappa shape index (κ3) is 12.7. The van der Waals surface area contributed by atoms with Crippen LogP contribution in [0.15, 0.2) is 47.6 Å². The van der Waals surface area contributed by atoms with Gasteiger partial charge in [-0.2, -0.15) is 0 Å². The Balaban J connectivity index is 1.54. The lowest BCUT2D eigenvalue weighted by molar-refractivity contribution is 0.423. The van der Waals surface area contributed by atoms with Gasteiger partial charge in [-0.1, -0.05) is 187 Å². The molecule has 1 N–H and O–H groups in total. The van der Waals surface area contributed by atoms with E-state index in [1.807, 2.05) is 11.8 Å². The summed E-state index contributed by atoms with van der Waals surface area (Å²) < 4.78 is 2.24. The Hall–Kier alpha value is -2.27. The fraction of sp³-hybridized carbons (Fsp3) is 0.659. The van der Waals surface area contributed by atoms with Crippen molar-refractivity contribution in [1.82, 2.24) is 14.8 Å². The lowest BCUT2D eigenvalue weighted by Gasteiger charge is -2.28. The first-order valence-corrected chi connectivity index (χ1v) is 19.5. The molecule has 1 aromatic heterocycles. The lowest BCUT2D eigenvalue weighted by Crippen LogP contribution is -2.18. The predicted molar refractivity (Wildman–Crippen MR) is 200 cm³/mol. The standard InChI is InChI=1S/C41H65N3OS/c1-8-9-10-11-12-13-14-15-16-17-18-19-20-21-22-26-29-46-39-43-42-37(30-33-27-24-23-25-28-33)44(39)34-31-35(40(2,3)4)38(45)36(32-34)41(5,6)7/h23-25,27-28,31-32,45H,8-22,26,29-30H2,1-7H3. The Morgan fingerprint density at radius 1 is 0.630 bits per heavy atom. The number of nitrogens with zero attached hydrogens (tertiary/aromatic N) is 3. The molecule has 0 bridgehead atoms. The van der Waals surface area contributed by atoms with Crippen molar-refractivity contribution in [2.45, 2.75) is 174 Å². The highest BCUT2D eigenvalue weighted by Gasteiger charge is 2.28. The number of phenols is 1. The molecule has 0 aliphatic carbocycles. The third-order valence-corrected chi connectivity index (χ3v) is 10.1. The third-order valence-electron chi connectivity index (χ3n) is 9.10. The van der Waals surface area contributed by atoms with E-state index in [4.69, 9.17) is 10.2 Å². The van der Waals surface area contributed by atoms with E-state index >= 15 is 0 Å². The van der Waals surface area contributed by atoms with Crippen LogP contribution in [0.25, 0.3) is 5.69 Å². The number of unbranched alkanes of at least 4 members (excludes halogenated alkanes) is 15. The van der Waals surface area contributed by atoms with Crippen LogP contribution in [0, 0.1) is 0 Å². The summed E-state index contributed by atoms with van der Waals surface area (Å²) in [5, 5.41) is 21.8. The molecule has 0 spiro atoms. The number of benzene rings is 2. The highest BCUT2D eigenvalue weighted by Crippen LogP contribution is 2.41. The van der Waals surface area contributed by atoms with Gasteiger partial charge in [0.1, 0.15) is 11.6 Å². The molecule has 1 heterocycles. The van der Waals surface area contributed by atoms with Crippen molar-refractivity contribution < 1.29 is 5.11 Å². The molecule has 0 saturated heterocycles. The first-order valence-electron chi connectivity index (χ1n) is 18.5. The monoisotopic (exact) mass is 647 g/mol. The molecule has 0 saturated carbocycles. The van der Waals surface area contributed by atoms with E-state index in [9.17, 15) is 5.11 Å². The molecule has 0 aliphatic heterocycles. The summed E-state index contributed by atoms with van der Waals surface area (Å²) in [6, 6.07) is 14.8. The lowest BCUT2D eigenvalue weighted by atomic mass is 9.79. The minimum absolute atomic E-state index is 0.200. The van der Waals surface area contributed by atoms with Crippen LogP contribution < -0.4 is 0 Å². The number of phenolic OH excluding ortho intramolecular Hbond substituents is 1. The van der Waals surface area contributed by atoms with E-state index in [0.717, 1.165) is 33.5 Å². The van der Waals surface area contributed by atoms with E-state index in [0.29, 0.717) is 12.2 Å². The molecular weight excluding hydrogens is 583 g/mol. The van der Waals surface area contributed by atoms with Gasteiger partial charge in [0, 0.05) is 23.3 Å². The average Bonchev–Trinajstić information content (AvgIpc) is 3.40. The van der Waals surface area contributed by atoms with Gasteiger partial charge in [0.25, 0.3) is 0 Å². The van der Waals surface area contributed by atoms with Gasteiger partial charge < -0.3 is 5.11 Å². The van der Waals surface area contributed by atoms with Gasteiger partial charge in [-0.15, -0.1) is 10.2 Å². The van der Waals surface area contributed by atoms with Gasteiger partial charge in [-0.25, -0.2) is 0 Å². The molecule has 0 fully saturated rings. The summed E-state index contributed by atoms with van der Waals surface area (Å²) in [5.74, 6) is 2.38. The first-order chi connectivity index (χ1) is 22.0. The fourth-order valence-corrected chi connectivity index (χ4v) is 7.22. The predicted octanol–water partition coefficient (Wildman–Crippen LogP) is 12.5. The summed E-state index contributed by atoms with van der Waals surface area (Å²) in [6.07, 6.45) is 22.9. The zero-order valence-corrected chi connectivity index (χ0v) is 31.3. The molecule has 3 rings (SSSR count). The number of aromatic hydroxyl groups is 1. The van der Waals surface area contributed by atoms with Crippen molar-refractivity contribution in [1.29, 1.82) is 0 Å². The van der Waals surface area contributed by atoms with Crippen LogP contribution in [0.3, 0.4) is 0 Å². The number of rotatable bonds is 21. The smallest absolute Gasteiger partial charge is 0.195 e. The van der Waals surface area contributed by atoms with Gasteiger partial charge in [0.15, 0.2) is 5.16 Å². The van der Waals surface area contributed by atoms with E-state index in [-0.39, 0.29) is 10.8 Å². The molecule has 0 atom stereocenters. The quantitative estimate of drug-likeness (QED) is 0.0923. The number of thioether (sulfide) groups is 1. The van der Waals surface area contributed by atoms with Gasteiger partial charge in [0.2, 0.25) is 0 Å². The van der Waals surface area contributed by atoms with E-state index < -0.39 is 0 Å². The second kappa shape index (κ2) is 19.5. The maximum absolute atomic E-state index is 11.4. The summed E-state index contributed by atoms with van der Waals surface area (Å²) in [7, 11) is 0. The molecule has 0 aliphatic rings. The molecule has 0 radical (unpaired) electrons. The van der Waals surface area contributed by atoms with Crippen LogP contribution in [-0.4, -0.2) is 25.6 Å². The Morgan fingerprint density at radius 3 is 1.54 bits per heavy atom. The fourth-order valence-electron chi connectivity index (χ4n) is 6.25. The average molecular weight is 648 g/mol. The van der Waals surface area contributed by atoms with Crippen LogP contribution in [0.2, 0.25) is 0 Å². The zero-order chi connectivity index (χ0) is 33.4. The molecule has 46 heavy (non-hydrogen) atoms. The highest BCUT2D eigenvalue weighted by molar-refractivity contribution is 7.99. The normalized spacial score (nSPS) is 12.2. The van der Waals surface area contributed by atoms with Crippen LogP contribution >= 0.6 is 11.8 Å². The molecule has 5 heteroatoms. The minimum atomic E-state index is -0.200. The van der Waals surface area contributed by atoms with E-state index in [2.05, 4.69) is 95.5 Å². The van der Waals surface area contributed by atoms with Crippen molar-refractivity contribution in [3.05, 3.63) is 65.0 Å². The Morgan fingerprint density at radius 2 is 1.09 bits per heavy atom. The number of hydrogen-bond donors (Lipinski definition) is 1. The number of hydrogen-bond acceptors (Lipinski definition) is 4. The van der Waals surface area contributed by atoms with Gasteiger partial charge in [0.05, 0.1) is 5.69 Å². The van der Waals surface area contributed by atoms with Crippen molar-refractivity contribution in [3.63, 3.8) is 0 Å². The Bertz CT molecular complexity index is 1230. The molecule has 3 aromatic rings. The Kier molecular flexibility index (Phi) is 16.2. The summed E-state index contributed by atoms with van der Waals surface area (Å²) in [5.41, 5.74) is 3.78. The van der Waals surface area contributed by atoms with Crippen LogP contribution in [0.4, 0.5) is 0 Å². The molecule has 0 amide bonds. The molecule has 2 aromatic carbocycles. The summed E-state index contributed by atoms with van der Waals surface area (Å²) in [6.45, 7) is 15.3. The van der Waals surface area contributed by atoms with E-state index in [1.165, 1.54) is 108 Å². The van der Waals surface area contributed by atoms with Crippen LogP contribution in [0.1, 0.15) is 174 Å². The van der Waals surface area contributed by atoms with Crippen molar-refractivity contribution in [3.8, 4) is 11.4 Å². The molecule has 4 nitrogen and oxygen atoms in total. The molecular formula is C41H65N3OS. The molecule has 256 valence electrons. The maximum Gasteiger partial charge on any atom is 0.195 e. The van der Waals surface area contributed by atoms with Crippen molar-refractivity contribution in [2.24, 2.45) is 0 Å². The summed E-state index contributed by atoms with van der Waals surface area (Å²) >= 11 is 1.82. The topological polar surface area (TPSA) is 50.9 Å². The van der Waals surface area contributed by atoms with Gasteiger partial charge in [-0.05, 0) is 34.9 Å². The van der Waals surface area contributed by atoms with Crippen LogP contribution in [-0.2, 0) is 17.3 Å². The maximum atomic E-state index is 11.4. The highest BCUT2D eigenvalue weighted by atomic mass is 32.2. The van der Waals surface area contributed by atoms with Gasteiger partial charge in [-0.3, -0.25) is 4.57 Å². The second-order valence-electron chi connectivity index (χ2n) is 15.4. The second-order valence-corrected chi connectivity index (χ2v) is 16.5. The number of aromatic nitrogens is 3. The first kappa shape index (κ1) is 38.2. The largest absolute Gasteiger partial charge is 0.507 e. The van der Waals surface area contributed by atoms with E-state index in [1.54, 1.807) is 0 Å². The van der Waals surface area contributed by atoms with Gasteiger partial charge >= 0.3 is 0 Å². The Labute approximate surface area is 286 Å². The summed E-state index contributed by atoms with van der Waals surface area (Å²) in [4.78, 5) is 0. The zero-order valence-electron chi connectivity index (χ0n) is 30.5. The van der Waals surface area contributed by atoms with Crippen LogP contribution in [0.5, 0.6) is 5.75 Å².